The Kier molecular flexibility index (Phi) is 7.92. The van der Waals surface area contributed by atoms with E-state index in [1.807, 2.05) is 81.7 Å². The van der Waals surface area contributed by atoms with Crippen molar-refractivity contribution < 1.29 is 9.84 Å². The highest BCUT2D eigenvalue weighted by Crippen LogP contribution is 2.45. The average Bonchev–Trinajstić information content (AvgIpc) is 3.10. The first-order valence-corrected chi connectivity index (χ1v) is 15.8. The van der Waals surface area contributed by atoms with E-state index in [1.165, 1.54) is 0 Å². The topological polar surface area (TPSA) is 122 Å². The second-order valence-electron chi connectivity index (χ2n) is 12.5. The number of benzene rings is 1. The zero-order chi connectivity index (χ0) is 31.8. The predicted octanol–water partition coefficient (Wildman–Crippen LogP) is 5.49. The quantitative estimate of drug-likeness (QED) is 0.254. The Bertz CT molecular complexity index is 1780. The van der Waals surface area contributed by atoms with Gasteiger partial charge in [-0.3, -0.25) is 14.9 Å². The summed E-state index contributed by atoms with van der Waals surface area (Å²) < 4.78 is 6.97. The molecular formula is C36H38N8O2. The minimum Gasteiger partial charge on any atom is -0.507 e. The number of piperazine rings is 1. The lowest BCUT2D eigenvalue weighted by molar-refractivity contribution is -0.0199. The van der Waals surface area contributed by atoms with E-state index in [4.69, 9.17) is 14.7 Å². The maximum atomic E-state index is 10.8. The van der Waals surface area contributed by atoms with Gasteiger partial charge in [-0.25, -0.2) is 19.9 Å². The van der Waals surface area contributed by atoms with Gasteiger partial charge in [-0.15, -0.1) is 0 Å². The number of ether oxygens (including phenoxy) is 1. The predicted molar refractivity (Wildman–Crippen MR) is 175 cm³/mol. The molecule has 10 heteroatoms. The van der Waals surface area contributed by atoms with Crippen molar-refractivity contribution in [3.05, 3.63) is 107 Å². The molecule has 5 aromatic rings. The van der Waals surface area contributed by atoms with Gasteiger partial charge in [0.15, 0.2) is 11.6 Å². The van der Waals surface area contributed by atoms with Gasteiger partial charge in [0.1, 0.15) is 28.5 Å². The SMILES string of the molecule is Cc1c(C)c2c(c(C)c1O)CCC(C)(CN1C(c3ccnc(-c4ccccn4)n3)CNCC1c1ccnc(-c3ccccn3)n1)O2. The maximum Gasteiger partial charge on any atom is 0.178 e. The fourth-order valence-electron chi connectivity index (χ4n) is 6.72. The van der Waals surface area contributed by atoms with Crippen LogP contribution in [0, 0.1) is 20.8 Å². The van der Waals surface area contributed by atoms with E-state index in [0.29, 0.717) is 37.0 Å². The standard InChI is InChI=1S/C36H38N8O2/c1-22-23(2)33-25(24(3)32(22)45)11-14-36(4,46-33)21-44-30(26-12-17-40-34(42-26)28-9-5-7-15-38-28)19-37-20-31(44)27-13-18-41-35(43-27)29-10-6-8-16-39-29/h5-10,12-13,15-18,30-31,37,45H,11,14,19-21H2,1-4H3. The van der Waals surface area contributed by atoms with E-state index < -0.39 is 5.60 Å². The van der Waals surface area contributed by atoms with Crippen LogP contribution in [0.2, 0.25) is 0 Å². The number of aromatic nitrogens is 6. The molecule has 1 saturated heterocycles. The molecule has 3 atom stereocenters. The molecule has 0 saturated carbocycles. The molecule has 234 valence electrons. The first-order chi connectivity index (χ1) is 22.3. The molecule has 46 heavy (non-hydrogen) atoms. The largest absolute Gasteiger partial charge is 0.507 e. The summed E-state index contributed by atoms with van der Waals surface area (Å²) in [6, 6.07) is 15.3. The van der Waals surface area contributed by atoms with Crippen LogP contribution in [0.1, 0.15) is 59.1 Å². The zero-order valence-corrected chi connectivity index (χ0v) is 26.6. The summed E-state index contributed by atoms with van der Waals surface area (Å²) in [7, 11) is 0. The molecule has 6 heterocycles. The van der Waals surface area contributed by atoms with Gasteiger partial charge in [0, 0.05) is 50.0 Å². The molecule has 10 nitrogen and oxygen atoms in total. The van der Waals surface area contributed by atoms with E-state index >= 15 is 0 Å². The maximum absolute atomic E-state index is 10.8. The van der Waals surface area contributed by atoms with Crippen LogP contribution in [-0.2, 0) is 6.42 Å². The van der Waals surface area contributed by atoms with Crippen molar-refractivity contribution in [2.75, 3.05) is 19.6 Å². The molecule has 2 aliphatic heterocycles. The Morgan fingerprint density at radius 2 is 1.37 bits per heavy atom. The van der Waals surface area contributed by atoms with E-state index in [-0.39, 0.29) is 12.1 Å². The van der Waals surface area contributed by atoms with E-state index in [9.17, 15) is 5.11 Å². The molecule has 0 amide bonds. The van der Waals surface area contributed by atoms with Gasteiger partial charge in [-0.05, 0) is 93.6 Å². The van der Waals surface area contributed by atoms with Crippen LogP contribution in [0.4, 0.5) is 0 Å². The molecule has 1 aromatic carbocycles. The van der Waals surface area contributed by atoms with Gasteiger partial charge in [0.25, 0.3) is 0 Å². The lowest BCUT2D eigenvalue weighted by Gasteiger charge is -2.47. The number of hydrogen-bond donors (Lipinski definition) is 2. The number of nitrogens with one attached hydrogen (secondary N) is 1. The molecule has 0 bridgehead atoms. The third kappa shape index (κ3) is 5.59. The molecule has 1 fully saturated rings. The molecule has 0 spiro atoms. The number of aromatic hydroxyl groups is 1. The average molecular weight is 615 g/mol. The van der Waals surface area contributed by atoms with Crippen LogP contribution < -0.4 is 10.1 Å². The van der Waals surface area contributed by atoms with Crippen molar-refractivity contribution in [3.8, 4) is 34.5 Å². The summed E-state index contributed by atoms with van der Waals surface area (Å²) in [5.74, 6) is 2.44. The second kappa shape index (κ2) is 12.2. The van der Waals surface area contributed by atoms with Gasteiger partial charge in [-0.1, -0.05) is 12.1 Å². The van der Waals surface area contributed by atoms with Crippen LogP contribution in [0.25, 0.3) is 23.0 Å². The number of rotatable bonds is 6. The first-order valence-electron chi connectivity index (χ1n) is 15.8. The number of nitrogens with zero attached hydrogens (tertiary/aromatic N) is 7. The van der Waals surface area contributed by atoms with Gasteiger partial charge in [0.05, 0.1) is 23.5 Å². The fraction of sp³-hybridized carbons (Fsp3) is 0.333. The molecule has 2 N–H and O–H groups in total. The lowest BCUT2D eigenvalue weighted by atomic mass is 9.86. The highest BCUT2D eigenvalue weighted by molar-refractivity contribution is 5.58. The Morgan fingerprint density at radius 1 is 0.783 bits per heavy atom. The highest BCUT2D eigenvalue weighted by Gasteiger charge is 2.42. The molecule has 3 unspecified atom stereocenters. The fourth-order valence-corrected chi connectivity index (χ4v) is 6.72. The smallest absolute Gasteiger partial charge is 0.178 e. The third-order valence-electron chi connectivity index (χ3n) is 9.41. The number of hydrogen-bond acceptors (Lipinski definition) is 10. The van der Waals surface area contributed by atoms with Crippen molar-refractivity contribution in [3.63, 3.8) is 0 Å². The minimum atomic E-state index is -0.505. The lowest BCUT2D eigenvalue weighted by Crippen LogP contribution is -2.55. The molecule has 2 aliphatic rings. The van der Waals surface area contributed by atoms with Gasteiger partial charge in [-0.2, -0.15) is 0 Å². The molecular weight excluding hydrogens is 576 g/mol. The summed E-state index contributed by atoms with van der Waals surface area (Å²) in [5, 5.41) is 14.4. The van der Waals surface area contributed by atoms with Crippen LogP contribution >= 0.6 is 0 Å². The molecule has 4 aromatic heterocycles. The van der Waals surface area contributed by atoms with E-state index in [1.54, 1.807) is 12.4 Å². The van der Waals surface area contributed by atoms with Gasteiger partial charge < -0.3 is 15.2 Å². The van der Waals surface area contributed by atoms with Crippen LogP contribution in [0.3, 0.4) is 0 Å². The normalized spacial score (nSPS) is 21.4. The summed E-state index contributed by atoms with van der Waals surface area (Å²) in [6.07, 6.45) is 8.77. The number of phenolic OH excluding ortho intramolecular Hbond substituents is 1. The van der Waals surface area contributed by atoms with Crippen molar-refractivity contribution in [2.45, 2.75) is 58.2 Å². The Hall–Kier alpha value is -4.80. The first kappa shape index (κ1) is 29.9. The highest BCUT2D eigenvalue weighted by atomic mass is 16.5. The summed E-state index contributed by atoms with van der Waals surface area (Å²) in [6.45, 7) is 10.2. The zero-order valence-electron chi connectivity index (χ0n) is 26.6. The Morgan fingerprint density at radius 3 is 1.91 bits per heavy atom. The second-order valence-corrected chi connectivity index (χ2v) is 12.5. The summed E-state index contributed by atoms with van der Waals surface area (Å²) in [4.78, 5) is 30.7. The monoisotopic (exact) mass is 614 g/mol. The van der Waals surface area contributed by atoms with Crippen molar-refractivity contribution in [2.24, 2.45) is 0 Å². The van der Waals surface area contributed by atoms with Gasteiger partial charge >= 0.3 is 0 Å². The van der Waals surface area contributed by atoms with Crippen molar-refractivity contribution >= 4 is 0 Å². The number of fused-ring (bicyclic) bond motifs is 1. The van der Waals surface area contributed by atoms with Crippen LogP contribution in [-0.4, -0.2) is 65.1 Å². The molecule has 0 aliphatic carbocycles. The number of pyridine rings is 2. The van der Waals surface area contributed by atoms with E-state index in [2.05, 4.69) is 37.1 Å². The van der Waals surface area contributed by atoms with Crippen LogP contribution in [0.15, 0.2) is 73.3 Å². The summed E-state index contributed by atoms with van der Waals surface area (Å²) in [5.41, 5.74) is 6.62. The van der Waals surface area contributed by atoms with Crippen molar-refractivity contribution in [1.82, 2.24) is 40.1 Å². The minimum absolute atomic E-state index is 0.0938. The van der Waals surface area contributed by atoms with Gasteiger partial charge in [0.2, 0.25) is 0 Å². The van der Waals surface area contributed by atoms with Crippen molar-refractivity contribution in [1.29, 1.82) is 0 Å². The number of phenols is 1. The Balaban J connectivity index is 1.29. The van der Waals surface area contributed by atoms with E-state index in [0.717, 1.165) is 63.6 Å². The molecule has 7 rings (SSSR count). The third-order valence-corrected chi connectivity index (χ3v) is 9.41. The Labute approximate surface area is 269 Å². The van der Waals surface area contributed by atoms with Crippen LogP contribution in [0.5, 0.6) is 11.5 Å². The molecule has 0 radical (unpaired) electrons. The summed E-state index contributed by atoms with van der Waals surface area (Å²) >= 11 is 0.